The molecule has 2 aliphatic rings. The Morgan fingerprint density at radius 1 is 1.22 bits per heavy atom. The molecule has 100 valence electrons. The minimum atomic E-state index is -0.958. The van der Waals surface area contributed by atoms with E-state index in [0.29, 0.717) is 6.54 Å². The quantitative estimate of drug-likeness (QED) is 0.546. The zero-order valence-electron chi connectivity index (χ0n) is 10.5. The predicted octanol–water partition coefficient (Wildman–Crippen LogP) is 0.947. The first-order chi connectivity index (χ1) is 8.65. The number of nitrogens with one attached hydrogen (secondary N) is 1. The third-order valence-electron chi connectivity index (χ3n) is 3.57. The molecule has 1 saturated heterocycles. The van der Waals surface area contributed by atoms with Crippen LogP contribution in [0.4, 0.5) is 0 Å². The Morgan fingerprint density at radius 3 is 2.50 bits per heavy atom. The summed E-state index contributed by atoms with van der Waals surface area (Å²) in [5.41, 5.74) is 0. The summed E-state index contributed by atoms with van der Waals surface area (Å²) >= 11 is 0. The van der Waals surface area contributed by atoms with E-state index in [-0.39, 0.29) is 12.0 Å². The molecule has 1 amide bonds. The maximum Gasteiger partial charge on any atom is 0.310 e. The van der Waals surface area contributed by atoms with Crippen LogP contribution in [-0.2, 0) is 14.3 Å². The van der Waals surface area contributed by atoms with Gasteiger partial charge < -0.3 is 15.2 Å². The highest BCUT2D eigenvalue weighted by Crippen LogP contribution is 2.39. The van der Waals surface area contributed by atoms with Crippen molar-refractivity contribution in [3.05, 3.63) is 12.2 Å². The molecule has 2 N–H and O–H groups in total. The molecule has 0 spiro atoms. The van der Waals surface area contributed by atoms with Crippen LogP contribution < -0.4 is 5.32 Å². The molecule has 0 unspecified atom stereocenters. The topological polar surface area (TPSA) is 75.6 Å². The maximum atomic E-state index is 12.0. The van der Waals surface area contributed by atoms with E-state index in [1.807, 2.05) is 0 Å². The molecule has 5 nitrogen and oxygen atoms in total. The number of carboxylic acids is 1. The lowest BCUT2D eigenvalue weighted by atomic mass is 9.82. The monoisotopic (exact) mass is 253 g/mol. The van der Waals surface area contributed by atoms with Gasteiger partial charge in [0.15, 0.2) is 0 Å². The lowest BCUT2D eigenvalue weighted by Crippen LogP contribution is -2.42. The van der Waals surface area contributed by atoms with Crippen LogP contribution in [-0.4, -0.2) is 35.7 Å². The number of unbranched alkanes of at least 4 members (excludes halogenated alkanes) is 2. The number of fused-ring (bicyclic) bond motifs is 2. The predicted molar refractivity (Wildman–Crippen MR) is 65.0 cm³/mol. The molecule has 2 heterocycles. The summed E-state index contributed by atoms with van der Waals surface area (Å²) < 4.78 is 5.45. The molecule has 1 fully saturated rings. The van der Waals surface area contributed by atoms with Gasteiger partial charge in [0.2, 0.25) is 5.91 Å². The summed E-state index contributed by atoms with van der Waals surface area (Å²) in [6, 6.07) is 0. The van der Waals surface area contributed by atoms with Crippen LogP contribution in [0, 0.1) is 11.8 Å². The molecule has 0 aliphatic carbocycles. The zero-order chi connectivity index (χ0) is 13.1. The van der Waals surface area contributed by atoms with Gasteiger partial charge in [0, 0.05) is 6.54 Å². The number of amides is 1. The fraction of sp³-hybridized carbons (Fsp3) is 0.692. The molecule has 2 rings (SSSR count). The summed E-state index contributed by atoms with van der Waals surface area (Å²) in [4.78, 5) is 23.2. The van der Waals surface area contributed by atoms with E-state index < -0.39 is 23.9 Å². The molecule has 0 aromatic rings. The van der Waals surface area contributed by atoms with Crippen LogP contribution in [0.3, 0.4) is 0 Å². The Balaban J connectivity index is 1.92. The van der Waals surface area contributed by atoms with Gasteiger partial charge in [-0.1, -0.05) is 31.9 Å². The molecule has 0 saturated carbocycles. The van der Waals surface area contributed by atoms with Crippen molar-refractivity contribution in [2.75, 3.05) is 6.54 Å². The van der Waals surface area contributed by atoms with Gasteiger partial charge in [-0.2, -0.15) is 0 Å². The molecule has 2 bridgehead atoms. The van der Waals surface area contributed by atoms with Gasteiger partial charge in [-0.25, -0.2) is 0 Å². The van der Waals surface area contributed by atoms with E-state index in [9.17, 15) is 14.7 Å². The number of rotatable bonds is 6. The third kappa shape index (κ3) is 2.41. The van der Waals surface area contributed by atoms with E-state index in [1.165, 1.54) is 0 Å². The molecule has 2 aliphatic heterocycles. The highest BCUT2D eigenvalue weighted by Gasteiger charge is 2.52. The molecule has 4 atom stereocenters. The third-order valence-corrected chi connectivity index (χ3v) is 3.57. The number of carbonyl (C=O) groups is 2. The van der Waals surface area contributed by atoms with Crippen molar-refractivity contribution in [3.63, 3.8) is 0 Å². The number of carbonyl (C=O) groups excluding carboxylic acids is 1. The lowest BCUT2D eigenvalue weighted by Gasteiger charge is -2.20. The highest BCUT2D eigenvalue weighted by molar-refractivity contribution is 5.87. The molecule has 5 heteroatoms. The SMILES string of the molecule is CCCCCNC(=O)[C@H]1[C@@H](C(=O)O)[C@@H]2C=C[C@H]1O2. The summed E-state index contributed by atoms with van der Waals surface area (Å²) in [6.45, 7) is 2.70. The average Bonchev–Trinajstić information content (AvgIpc) is 2.94. The normalized spacial score (nSPS) is 32.7. The summed E-state index contributed by atoms with van der Waals surface area (Å²) in [7, 11) is 0. The molecular formula is C13H19NO4. The Labute approximate surface area is 106 Å². The minimum absolute atomic E-state index is 0.199. The second-order valence-corrected chi connectivity index (χ2v) is 4.84. The van der Waals surface area contributed by atoms with Crippen molar-refractivity contribution < 1.29 is 19.4 Å². The van der Waals surface area contributed by atoms with Crippen molar-refractivity contribution in [1.29, 1.82) is 0 Å². The van der Waals surface area contributed by atoms with Crippen LogP contribution in [0.15, 0.2) is 12.2 Å². The molecule has 0 radical (unpaired) electrons. The van der Waals surface area contributed by atoms with Gasteiger partial charge in [0.1, 0.15) is 5.92 Å². The Hall–Kier alpha value is -1.36. The number of ether oxygens (including phenoxy) is 1. The van der Waals surface area contributed by atoms with Crippen LogP contribution in [0.5, 0.6) is 0 Å². The summed E-state index contributed by atoms with van der Waals surface area (Å²) in [6.07, 6.45) is 5.80. The van der Waals surface area contributed by atoms with Gasteiger partial charge in [-0.05, 0) is 6.42 Å². The number of carboxylic acid groups (broad SMARTS) is 1. The number of hydrogen-bond donors (Lipinski definition) is 2. The minimum Gasteiger partial charge on any atom is -0.481 e. The number of hydrogen-bond acceptors (Lipinski definition) is 3. The zero-order valence-corrected chi connectivity index (χ0v) is 10.5. The van der Waals surface area contributed by atoms with Crippen molar-refractivity contribution in [1.82, 2.24) is 5.32 Å². The second-order valence-electron chi connectivity index (χ2n) is 4.84. The van der Waals surface area contributed by atoms with Gasteiger partial charge in [0.25, 0.3) is 0 Å². The van der Waals surface area contributed by atoms with Crippen LogP contribution in [0.2, 0.25) is 0 Å². The summed E-state index contributed by atoms with van der Waals surface area (Å²) in [5, 5.41) is 12.0. The van der Waals surface area contributed by atoms with Crippen molar-refractivity contribution >= 4 is 11.9 Å². The van der Waals surface area contributed by atoms with Crippen LogP contribution in [0.25, 0.3) is 0 Å². The van der Waals surface area contributed by atoms with E-state index in [2.05, 4.69) is 12.2 Å². The van der Waals surface area contributed by atoms with Crippen LogP contribution in [0.1, 0.15) is 26.2 Å². The first-order valence-corrected chi connectivity index (χ1v) is 6.49. The molecule has 18 heavy (non-hydrogen) atoms. The Morgan fingerprint density at radius 2 is 1.89 bits per heavy atom. The fourth-order valence-electron chi connectivity index (χ4n) is 2.62. The van der Waals surface area contributed by atoms with Crippen molar-refractivity contribution in [2.24, 2.45) is 11.8 Å². The summed E-state index contributed by atoms with van der Waals surface area (Å²) in [5.74, 6) is -2.48. The maximum absolute atomic E-state index is 12.0. The van der Waals surface area contributed by atoms with E-state index in [1.54, 1.807) is 12.2 Å². The van der Waals surface area contributed by atoms with E-state index in [4.69, 9.17) is 4.74 Å². The lowest BCUT2D eigenvalue weighted by molar-refractivity contribution is -0.146. The molecule has 0 aromatic heterocycles. The highest BCUT2D eigenvalue weighted by atomic mass is 16.5. The first-order valence-electron chi connectivity index (χ1n) is 6.49. The second kappa shape index (κ2) is 5.52. The van der Waals surface area contributed by atoms with E-state index in [0.717, 1.165) is 19.3 Å². The van der Waals surface area contributed by atoms with Crippen LogP contribution >= 0.6 is 0 Å². The van der Waals surface area contributed by atoms with Gasteiger partial charge in [-0.3, -0.25) is 9.59 Å². The van der Waals surface area contributed by atoms with Crippen molar-refractivity contribution in [2.45, 2.75) is 38.4 Å². The average molecular weight is 253 g/mol. The van der Waals surface area contributed by atoms with E-state index >= 15 is 0 Å². The fourth-order valence-corrected chi connectivity index (χ4v) is 2.62. The largest absolute Gasteiger partial charge is 0.481 e. The number of aliphatic carboxylic acids is 1. The smallest absolute Gasteiger partial charge is 0.310 e. The molecule has 0 aromatic carbocycles. The van der Waals surface area contributed by atoms with Gasteiger partial charge >= 0.3 is 5.97 Å². The van der Waals surface area contributed by atoms with Gasteiger partial charge in [-0.15, -0.1) is 0 Å². The first kappa shape index (κ1) is 13.1. The Kier molecular flexibility index (Phi) is 4.01. The van der Waals surface area contributed by atoms with Gasteiger partial charge in [0.05, 0.1) is 18.1 Å². The molecular weight excluding hydrogens is 234 g/mol. The standard InChI is InChI=1S/C13H19NO4/c1-2-3-4-7-14-12(15)10-8-5-6-9(18-8)11(10)13(16)17/h5-6,8-11H,2-4,7H2,1H3,(H,14,15)(H,16,17)/t8-,9+,10-,11+/m1/s1. The Bertz CT molecular complexity index is 366. The van der Waals surface area contributed by atoms with Crippen molar-refractivity contribution in [3.8, 4) is 0 Å².